The summed E-state index contributed by atoms with van der Waals surface area (Å²) in [6, 6.07) is 5.52. The zero-order valence-electron chi connectivity index (χ0n) is 12.1. The summed E-state index contributed by atoms with van der Waals surface area (Å²) in [4.78, 5) is 10.5. The number of hydrogen-bond donors (Lipinski definition) is 1. The summed E-state index contributed by atoms with van der Waals surface area (Å²) in [5.74, 6) is 0.436. The highest BCUT2D eigenvalue weighted by Gasteiger charge is 2.03. The van der Waals surface area contributed by atoms with Crippen LogP contribution in [-0.2, 0) is 11.3 Å². The number of carboxylic acid groups (broad SMARTS) is 1. The molecule has 110 valence electrons. The van der Waals surface area contributed by atoms with E-state index in [1.165, 1.54) is 0 Å². The van der Waals surface area contributed by atoms with E-state index in [1.54, 1.807) is 12.3 Å². The maximum atomic E-state index is 10.5. The summed E-state index contributed by atoms with van der Waals surface area (Å²) in [6.07, 6.45) is 7.25. The van der Waals surface area contributed by atoms with Gasteiger partial charge in [0, 0.05) is 12.6 Å². The minimum absolute atomic E-state index is 0.691. The van der Waals surface area contributed by atoms with Crippen molar-refractivity contribution < 1.29 is 14.6 Å². The summed E-state index contributed by atoms with van der Waals surface area (Å²) in [6.45, 7) is 4.87. The molecular formula is C16H18N2O3. The molecule has 1 N–H and O–H groups in total. The van der Waals surface area contributed by atoms with Gasteiger partial charge >= 0.3 is 5.97 Å². The van der Waals surface area contributed by atoms with Crippen LogP contribution < -0.4 is 4.74 Å². The molecule has 0 aliphatic heterocycles. The highest BCUT2D eigenvalue weighted by atomic mass is 16.5. The van der Waals surface area contributed by atoms with Crippen molar-refractivity contribution in [1.29, 1.82) is 0 Å². The Balaban J connectivity index is 2.10. The first kappa shape index (κ1) is 14.8. The number of aliphatic carboxylic acids is 1. The van der Waals surface area contributed by atoms with Crippen molar-refractivity contribution in [3.05, 3.63) is 47.8 Å². The Kier molecular flexibility index (Phi) is 4.77. The maximum absolute atomic E-state index is 10.5. The number of rotatable bonds is 6. The number of aryl methyl sites for hydroxylation is 2. The van der Waals surface area contributed by atoms with Crippen LogP contribution in [0.4, 0.5) is 0 Å². The van der Waals surface area contributed by atoms with Crippen molar-refractivity contribution in [3.8, 4) is 11.5 Å². The van der Waals surface area contributed by atoms with Crippen molar-refractivity contribution in [2.24, 2.45) is 0 Å². The quantitative estimate of drug-likeness (QED) is 0.825. The van der Waals surface area contributed by atoms with Gasteiger partial charge in [-0.25, -0.2) is 4.79 Å². The molecule has 0 saturated carbocycles. The van der Waals surface area contributed by atoms with Crippen LogP contribution in [0.1, 0.15) is 24.5 Å². The minimum atomic E-state index is -0.960. The van der Waals surface area contributed by atoms with Crippen molar-refractivity contribution >= 4 is 12.0 Å². The van der Waals surface area contributed by atoms with E-state index in [9.17, 15) is 4.79 Å². The second kappa shape index (κ2) is 6.74. The topological polar surface area (TPSA) is 64.3 Å². The van der Waals surface area contributed by atoms with E-state index in [1.807, 2.05) is 36.0 Å². The van der Waals surface area contributed by atoms with Crippen LogP contribution in [0.15, 0.2) is 36.7 Å². The molecule has 1 heterocycles. The molecule has 0 aliphatic rings. The summed E-state index contributed by atoms with van der Waals surface area (Å²) in [5, 5.41) is 12.8. The van der Waals surface area contributed by atoms with Gasteiger partial charge in [-0.1, -0.05) is 13.0 Å². The molecule has 2 rings (SSSR count). The van der Waals surface area contributed by atoms with Gasteiger partial charge in [-0.2, -0.15) is 5.10 Å². The zero-order valence-corrected chi connectivity index (χ0v) is 12.1. The van der Waals surface area contributed by atoms with Crippen molar-refractivity contribution in [1.82, 2.24) is 9.78 Å². The first-order valence-electron chi connectivity index (χ1n) is 6.80. The molecule has 1 aromatic heterocycles. The fraction of sp³-hybridized carbons (Fsp3) is 0.250. The Bertz CT molecular complexity index is 659. The highest BCUT2D eigenvalue weighted by molar-refractivity contribution is 5.85. The van der Waals surface area contributed by atoms with E-state index < -0.39 is 5.97 Å². The van der Waals surface area contributed by atoms with Gasteiger partial charge in [0.15, 0.2) is 5.75 Å². The van der Waals surface area contributed by atoms with Gasteiger partial charge in [-0.05, 0) is 42.7 Å². The number of hydrogen-bond acceptors (Lipinski definition) is 3. The Morgan fingerprint density at radius 1 is 1.43 bits per heavy atom. The van der Waals surface area contributed by atoms with Gasteiger partial charge in [0.2, 0.25) is 0 Å². The van der Waals surface area contributed by atoms with Crippen LogP contribution in [0.2, 0.25) is 0 Å². The maximum Gasteiger partial charge on any atom is 0.328 e. The van der Waals surface area contributed by atoms with Crippen LogP contribution in [0.3, 0.4) is 0 Å². The lowest BCUT2D eigenvalue weighted by molar-refractivity contribution is -0.131. The largest absolute Gasteiger partial charge is 0.478 e. The molecule has 0 radical (unpaired) electrons. The number of ether oxygens (including phenoxy) is 1. The van der Waals surface area contributed by atoms with Crippen LogP contribution in [0.25, 0.3) is 6.08 Å². The Morgan fingerprint density at radius 3 is 2.90 bits per heavy atom. The lowest BCUT2D eigenvalue weighted by Gasteiger charge is -2.06. The van der Waals surface area contributed by atoms with Crippen LogP contribution in [0.5, 0.6) is 11.5 Å². The predicted molar refractivity (Wildman–Crippen MR) is 80.4 cm³/mol. The molecule has 0 bridgehead atoms. The Morgan fingerprint density at radius 2 is 2.24 bits per heavy atom. The third kappa shape index (κ3) is 4.21. The molecule has 0 fully saturated rings. The molecule has 5 heteroatoms. The first-order chi connectivity index (χ1) is 10.1. The summed E-state index contributed by atoms with van der Waals surface area (Å²) in [7, 11) is 0. The van der Waals surface area contributed by atoms with Gasteiger partial charge in [0.1, 0.15) is 5.75 Å². The fourth-order valence-corrected chi connectivity index (χ4v) is 1.94. The fourth-order valence-electron chi connectivity index (χ4n) is 1.94. The molecule has 0 atom stereocenters. The van der Waals surface area contributed by atoms with E-state index in [0.717, 1.165) is 30.2 Å². The van der Waals surface area contributed by atoms with Crippen molar-refractivity contribution in [3.63, 3.8) is 0 Å². The van der Waals surface area contributed by atoms with Crippen molar-refractivity contribution in [2.75, 3.05) is 0 Å². The average Bonchev–Trinajstić information content (AvgIpc) is 2.85. The molecular weight excluding hydrogens is 268 g/mol. The van der Waals surface area contributed by atoms with Crippen LogP contribution in [-0.4, -0.2) is 20.9 Å². The Hall–Kier alpha value is -2.56. The number of nitrogens with zero attached hydrogens (tertiary/aromatic N) is 2. The average molecular weight is 286 g/mol. The van der Waals surface area contributed by atoms with Crippen molar-refractivity contribution in [2.45, 2.75) is 26.8 Å². The molecule has 5 nitrogen and oxygen atoms in total. The Labute approximate surface area is 123 Å². The number of carbonyl (C=O) groups is 1. The smallest absolute Gasteiger partial charge is 0.328 e. The molecule has 2 aromatic rings. The molecule has 0 amide bonds. The third-order valence-electron chi connectivity index (χ3n) is 2.94. The lowest BCUT2D eigenvalue weighted by Crippen LogP contribution is -1.95. The molecule has 0 aliphatic carbocycles. The van der Waals surface area contributed by atoms with E-state index in [-0.39, 0.29) is 0 Å². The second-order valence-electron chi connectivity index (χ2n) is 4.73. The van der Waals surface area contributed by atoms with Crippen LogP contribution in [0, 0.1) is 6.92 Å². The monoisotopic (exact) mass is 286 g/mol. The number of carboxylic acids is 1. The van der Waals surface area contributed by atoms with E-state index in [4.69, 9.17) is 9.84 Å². The number of aromatic nitrogens is 2. The van der Waals surface area contributed by atoms with E-state index >= 15 is 0 Å². The number of benzene rings is 1. The van der Waals surface area contributed by atoms with E-state index in [0.29, 0.717) is 11.5 Å². The second-order valence-corrected chi connectivity index (χ2v) is 4.73. The SMILES string of the molecule is CCCn1cc(Oc2ccc(/C=C/C(=O)O)c(C)c2)cn1. The standard InChI is InChI=1S/C16H18N2O3/c1-3-8-18-11-15(10-17-18)21-14-6-4-13(12(2)9-14)5-7-16(19)20/h4-7,9-11H,3,8H2,1-2H3,(H,19,20)/b7-5+. The van der Waals surface area contributed by atoms with Gasteiger partial charge in [0.05, 0.1) is 12.4 Å². The minimum Gasteiger partial charge on any atom is -0.478 e. The van der Waals surface area contributed by atoms with Crippen LogP contribution >= 0.6 is 0 Å². The molecule has 0 unspecified atom stereocenters. The summed E-state index contributed by atoms with van der Waals surface area (Å²) >= 11 is 0. The first-order valence-corrected chi connectivity index (χ1v) is 6.80. The van der Waals surface area contributed by atoms with Gasteiger partial charge in [0.25, 0.3) is 0 Å². The van der Waals surface area contributed by atoms with E-state index in [2.05, 4.69) is 12.0 Å². The van der Waals surface area contributed by atoms with Gasteiger partial charge in [-0.3, -0.25) is 4.68 Å². The van der Waals surface area contributed by atoms with Gasteiger partial charge < -0.3 is 9.84 Å². The third-order valence-corrected chi connectivity index (χ3v) is 2.94. The summed E-state index contributed by atoms with van der Waals surface area (Å²) in [5.41, 5.74) is 1.80. The molecule has 1 aromatic carbocycles. The summed E-state index contributed by atoms with van der Waals surface area (Å²) < 4.78 is 7.58. The lowest BCUT2D eigenvalue weighted by atomic mass is 10.1. The normalized spacial score (nSPS) is 11.0. The highest BCUT2D eigenvalue weighted by Crippen LogP contribution is 2.24. The zero-order chi connectivity index (χ0) is 15.2. The molecule has 0 spiro atoms. The molecule has 0 saturated heterocycles. The predicted octanol–water partition coefficient (Wildman–Crippen LogP) is 3.49. The molecule has 21 heavy (non-hydrogen) atoms. The van der Waals surface area contributed by atoms with Gasteiger partial charge in [-0.15, -0.1) is 0 Å².